The predicted molar refractivity (Wildman–Crippen MR) is 158 cm³/mol. The molecule has 1 N–H and O–H groups in total. The molecule has 9 heteroatoms. The summed E-state index contributed by atoms with van der Waals surface area (Å²) < 4.78 is 39.6. The number of nitrogens with one attached hydrogen (secondary N) is 1. The Kier molecular flexibility index (Phi) is 9.02. The number of ether oxygens (including phenoxy) is 2. The lowest BCUT2D eigenvalue weighted by atomic mass is 10.1. The summed E-state index contributed by atoms with van der Waals surface area (Å²) in [6.07, 6.45) is 0. The molecule has 4 aromatic rings. The van der Waals surface area contributed by atoms with Crippen LogP contribution >= 0.6 is 11.6 Å². The van der Waals surface area contributed by atoms with Crippen molar-refractivity contribution >= 4 is 33.2 Å². The van der Waals surface area contributed by atoms with Gasteiger partial charge in [0.2, 0.25) is 0 Å². The summed E-state index contributed by atoms with van der Waals surface area (Å²) in [5.74, 6) is 1.02. The Balaban J connectivity index is 1.58. The molecule has 1 atom stereocenters. The first-order valence-electron chi connectivity index (χ1n) is 12.6. The van der Waals surface area contributed by atoms with Gasteiger partial charge in [0.25, 0.3) is 15.9 Å². The van der Waals surface area contributed by atoms with Crippen LogP contribution in [0.15, 0.2) is 95.9 Å². The maximum atomic E-state index is 13.7. The van der Waals surface area contributed by atoms with Crippen LogP contribution in [0.4, 0.5) is 5.69 Å². The molecule has 0 saturated heterocycles. The number of anilines is 1. The standard InChI is InChI=1S/C31H31ClN2O5S/c1-21-10-15-25(32)18-29(21)34(40(36,37)27-8-6-5-7-9-27)20-23-11-13-24(14-12-23)31(35)33-22(2)28-19-26(38-3)16-17-30(28)39-4/h5-19,22H,20H2,1-4H3,(H,33,35). The average molecular weight is 579 g/mol. The maximum absolute atomic E-state index is 13.7. The monoisotopic (exact) mass is 578 g/mol. The van der Waals surface area contributed by atoms with E-state index in [2.05, 4.69) is 5.32 Å². The van der Waals surface area contributed by atoms with E-state index in [1.165, 1.54) is 4.31 Å². The number of rotatable bonds is 10. The summed E-state index contributed by atoms with van der Waals surface area (Å²) in [4.78, 5) is 13.2. The highest BCUT2D eigenvalue weighted by Crippen LogP contribution is 2.32. The Morgan fingerprint density at radius 2 is 1.62 bits per heavy atom. The smallest absolute Gasteiger partial charge is 0.264 e. The van der Waals surface area contributed by atoms with Gasteiger partial charge in [0.05, 0.1) is 37.4 Å². The van der Waals surface area contributed by atoms with Crippen LogP contribution in [0.1, 0.15) is 40.0 Å². The Labute approximate surface area is 240 Å². The zero-order valence-electron chi connectivity index (χ0n) is 22.7. The number of hydrogen-bond donors (Lipinski definition) is 1. The highest BCUT2D eigenvalue weighted by molar-refractivity contribution is 7.92. The molecule has 0 heterocycles. The molecule has 7 nitrogen and oxygen atoms in total. The van der Waals surface area contributed by atoms with E-state index >= 15 is 0 Å². The van der Waals surface area contributed by atoms with Gasteiger partial charge in [-0.25, -0.2) is 8.42 Å². The predicted octanol–water partition coefficient (Wildman–Crippen LogP) is 6.55. The van der Waals surface area contributed by atoms with Gasteiger partial charge in [-0.15, -0.1) is 0 Å². The Morgan fingerprint density at radius 3 is 2.27 bits per heavy atom. The van der Waals surface area contributed by atoms with Crippen LogP contribution in [0.3, 0.4) is 0 Å². The summed E-state index contributed by atoms with van der Waals surface area (Å²) in [5, 5.41) is 3.42. The summed E-state index contributed by atoms with van der Waals surface area (Å²) in [7, 11) is -0.750. The lowest BCUT2D eigenvalue weighted by Crippen LogP contribution is -2.31. The van der Waals surface area contributed by atoms with Gasteiger partial charge >= 0.3 is 0 Å². The second-order valence-corrected chi connectivity index (χ2v) is 11.6. The topological polar surface area (TPSA) is 84.9 Å². The molecule has 0 aliphatic rings. The summed E-state index contributed by atoms with van der Waals surface area (Å²) in [5.41, 5.74) is 3.18. The lowest BCUT2D eigenvalue weighted by Gasteiger charge is -2.26. The summed E-state index contributed by atoms with van der Waals surface area (Å²) in [6.45, 7) is 3.76. The Morgan fingerprint density at radius 1 is 0.925 bits per heavy atom. The molecule has 0 aliphatic heterocycles. The number of amides is 1. The van der Waals surface area contributed by atoms with Crippen molar-refractivity contribution in [3.63, 3.8) is 0 Å². The van der Waals surface area contributed by atoms with Crippen LogP contribution in [0.2, 0.25) is 5.02 Å². The fourth-order valence-electron chi connectivity index (χ4n) is 4.33. The SMILES string of the molecule is COc1ccc(OC)c(C(C)NC(=O)c2ccc(CN(c3cc(Cl)ccc3C)S(=O)(=O)c3ccccc3)cc2)c1. The highest BCUT2D eigenvalue weighted by atomic mass is 35.5. The van der Waals surface area contributed by atoms with E-state index in [1.807, 2.05) is 19.9 Å². The molecule has 208 valence electrons. The van der Waals surface area contributed by atoms with E-state index in [-0.39, 0.29) is 23.4 Å². The average Bonchev–Trinajstić information content (AvgIpc) is 2.97. The third-order valence-electron chi connectivity index (χ3n) is 6.56. The van der Waals surface area contributed by atoms with Gasteiger partial charge in [-0.3, -0.25) is 9.10 Å². The first-order valence-corrected chi connectivity index (χ1v) is 14.4. The molecule has 40 heavy (non-hydrogen) atoms. The van der Waals surface area contributed by atoms with Crippen LogP contribution < -0.4 is 19.1 Å². The van der Waals surface area contributed by atoms with Crippen molar-refractivity contribution in [1.29, 1.82) is 0 Å². The van der Waals surface area contributed by atoms with Crippen LogP contribution in [0.5, 0.6) is 11.5 Å². The molecule has 0 aromatic heterocycles. The summed E-state index contributed by atoms with van der Waals surface area (Å²) in [6, 6.07) is 25.3. The number of nitrogens with zero attached hydrogens (tertiary/aromatic N) is 1. The number of aryl methyl sites for hydroxylation is 1. The van der Waals surface area contributed by atoms with Gasteiger partial charge in [-0.05, 0) is 79.6 Å². The maximum Gasteiger partial charge on any atom is 0.264 e. The minimum absolute atomic E-state index is 0.0533. The van der Waals surface area contributed by atoms with E-state index in [0.717, 1.165) is 11.1 Å². The Bertz CT molecular complexity index is 1590. The normalized spacial score (nSPS) is 11.9. The number of carbonyl (C=O) groups excluding carboxylic acids is 1. The Hall–Kier alpha value is -4.01. The molecule has 4 aromatic carbocycles. The van der Waals surface area contributed by atoms with Crippen LogP contribution in [0, 0.1) is 6.92 Å². The molecule has 0 saturated carbocycles. The minimum Gasteiger partial charge on any atom is -0.497 e. The number of sulfonamides is 1. The van der Waals surface area contributed by atoms with Gasteiger partial charge in [-0.1, -0.05) is 48.0 Å². The number of hydrogen-bond acceptors (Lipinski definition) is 5. The van der Waals surface area contributed by atoms with Gasteiger partial charge in [-0.2, -0.15) is 0 Å². The molecule has 4 rings (SSSR count). The van der Waals surface area contributed by atoms with Crippen molar-refractivity contribution in [3.8, 4) is 11.5 Å². The minimum atomic E-state index is -3.90. The number of methoxy groups -OCH3 is 2. The number of benzene rings is 4. The second-order valence-electron chi connectivity index (χ2n) is 9.26. The third-order valence-corrected chi connectivity index (χ3v) is 8.57. The molecule has 0 spiro atoms. The van der Waals surface area contributed by atoms with E-state index < -0.39 is 10.0 Å². The molecule has 1 amide bonds. The van der Waals surface area contributed by atoms with Gasteiger partial charge in [0.1, 0.15) is 11.5 Å². The van der Waals surface area contributed by atoms with Gasteiger partial charge in [0.15, 0.2) is 0 Å². The zero-order chi connectivity index (χ0) is 28.9. The van der Waals surface area contributed by atoms with Crippen molar-refractivity contribution in [3.05, 3.63) is 118 Å². The summed E-state index contributed by atoms with van der Waals surface area (Å²) >= 11 is 6.26. The third kappa shape index (κ3) is 6.41. The van der Waals surface area contributed by atoms with Crippen molar-refractivity contribution in [2.45, 2.75) is 31.3 Å². The van der Waals surface area contributed by atoms with Crippen LogP contribution in [-0.2, 0) is 16.6 Å². The van der Waals surface area contributed by atoms with Crippen molar-refractivity contribution < 1.29 is 22.7 Å². The van der Waals surface area contributed by atoms with Gasteiger partial charge < -0.3 is 14.8 Å². The fourth-order valence-corrected chi connectivity index (χ4v) is 6.03. The fraction of sp³-hybridized carbons (Fsp3) is 0.194. The number of carbonyl (C=O) groups is 1. The largest absolute Gasteiger partial charge is 0.497 e. The van der Waals surface area contributed by atoms with E-state index in [1.54, 1.807) is 99.1 Å². The molecular weight excluding hydrogens is 548 g/mol. The van der Waals surface area contributed by atoms with Crippen LogP contribution in [0.25, 0.3) is 0 Å². The van der Waals surface area contributed by atoms with Crippen molar-refractivity contribution in [2.24, 2.45) is 0 Å². The first kappa shape index (κ1) is 29.0. The molecule has 0 fully saturated rings. The molecule has 0 bridgehead atoms. The molecule has 1 unspecified atom stereocenters. The second kappa shape index (κ2) is 12.4. The molecular formula is C31H31ClN2O5S. The van der Waals surface area contributed by atoms with Crippen molar-refractivity contribution in [2.75, 3.05) is 18.5 Å². The quantitative estimate of drug-likeness (QED) is 0.231. The zero-order valence-corrected chi connectivity index (χ0v) is 24.3. The highest BCUT2D eigenvalue weighted by Gasteiger charge is 2.27. The van der Waals surface area contributed by atoms with Gasteiger partial charge in [0, 0.05) is 16.1 Å². The van der Waals surface area contributed by atoms with E-state index in [0.29, 0.717) is 33.3 Å². The lowest BCUT2D eigenvalue weighted by molar-refractivity contribution is 0.0939. The molecule has 0 aliphatic carbocycles. The first-order chi connectivity index (χ1) is 19.1. The van der Waals surface area contributed by atoms with E-state index in [9.17, 15) is 13.2 Å². The van der Waals surface area contributed by atoms with Crippen molar-refractivity contribution in [1.82, 2.24) is 5.32 Å². The van der Waals surface area contributed by atoms with E-state index in [4.69, 9.17) is 21.1 Å². The molecule has 0 radical (unpaired) electrons. The van der Waals surface area contributed by atoms with Crippen LogP contribution in [-0.4, -0.2) is 28.5 Å². The number of halogens is 1.